The Kier molecular flexibility index (Phi) is 6.31. The third kappa shape index (κ3) is 4.67. The minimum Gasteiger partial charge on any atom is -0.480 e. The van der Waals surface area contributed by atoms with Gasteiger partial charge in [0.1, 0.15) is 6.54 Å². The second-order valence-electron chi connectivity index (χ2n) is 7.77. The van der Waals surface area contributed by atoms with Gasteiger partial charge >= 0.3 is 24.3 Å². The standard InChI is InChI=1S/C23H18F3N3O7/c1-35-21(33)29(11-19(30)31)18-10-28(22(34)36-18)13-7-6-12-8-17(27-20(32)15(12)9-13)14-4-2-3-5-16(14)23(24,25)26/h2-9,18H,10-11H2,1H3,(H,27,32)(H,30,31)/t18-/m1/s1. The van der Waals surface area contributed by atoms with Crippen LogP contribution < -0.4 is 10.5 Å². The van der Waals surface area contributed by atoms with Gasteiger partial charge in [-0.25, -0.2) is 9.59 Å². The predicted octanol–water partition coefficient (Wildman–Crippen LogP) is 3.65. The average molecular weight is 505 g/mol. The lowest BCUT2D eigenvalue weighted by molar-refractivity contribution is -0.140. The molecule has 13 heteroatoms. The number of cyclic esters (lactones) is 1. The molecule has 2 amide bonds. The zero-order chi connectivity index (χ0) is 26.2. The van der Waals surface area contributed by atoms with Crippen molar-refractivity contribution in [2.24, 2.45) is 0 Å². The summed E-state index contributed by atoms with van der Waals surface area (Å²) in [5, 5.41) is 9.46. The predicted molar refractivity (Wildman–Crippen MR) is 119 cm³/mol. The summed E-state index contributed by atoms with van der Waals surface area (Å²) in [5.74, 6) is -1.35. The molecule has 0 saturated carbocycles. The number of anilines is 1. The topological polar surface area (TPSA) is 129 Å². The van der Waals surface area contributed by atoms with Crippen molar-refractivity contribution >= 4 is 34.6 Å². The van der Waals surface area contributed by atoms with Crippen LogP contribution in [0, 0.1) is 0 Å². The normalized spacial score (nSPS) is 15.6. The van der Waals surface area contributed by atoms with Gasteiger partial charge < -0.3 is 19.6 Å². The number of fused-ring (bicyclic) bond motifs is 1. The molecule has 36 heavy (non-hydrogen) atoms. The van der Waals surface area contributed by atoms with Gasteiger partial charge in [-0.3, -0.25) is 19.4 Å². The molecule has 2 N–H and O–H groups in total. The summed E-state index contributed by atoms with van der Waals surface area (Å²) >= 11 is 0. The lowest BCUT2D eigenvalue weighted by atomic mass is 10.0. The number of aromatic nitrogens is 1. The number of H-pyrrole nitrogens is 1. The second kappa shape index (κ2) is 9.24. The fraction of sp³-hybridized carbons (Fsp3) is 0.217. The molecular formula is C23H18F3N3O7. The number of carbonyl (C=O) groups excluding carboxylic acids is 2. The highest BCUT2D eigenvalue weighted by atomic mass is 19.4. The largest absolute Gasteiger partial charge is 0.480 e. The highest BCUT2D eigenvalue weighted by Gasteiger charge is 2.40. The van der Waals surface area contributed by atoms with Gasteiger partial charge in [-0.2, -0.15) is 13.2 Å². The third-order valence-electron chi connectivity index (χ3n) is 5.52. The molecule has 188 valence electrons. The highest BCUT2D eigenvalue weighted by molar-refractivity contribution is 5.95. The van der Waals surface area contributed by atoms with Crippen LogP contribution in [0.2, 0.25) is 0 Å². The summed E-state index contributed by atoms with van der Waals surface area (Å²) < 4.78 is 50.0. The van der Waals surface area contributed by atoms with Gasteiger partial charge in [-0.1, -0.05) is 24.3 Å². The molecule has 1 aromatic heterocycles. The molecule has 1 atom stereocenters. The van der Waals surface area contributed by atoms with Crippen molar-refractivity contribution in [2.45, 2.75) is 12.4 Å². The minimum atomic E-state index is -4.63. The molecule has 2 aromatic carbocycles. The summed E-state index contributed by atoms with van der Waals surface area (Å²) in [6, 6.07) is 10.5. The number of halogens is 3. The van der Waals surface area contributed by atoms with E-state index in [0.29, 0.717) is 5.39 Å². The van der Waals surface area contributed by atoms with Crippen molar-refractivity contribution in [3.05, 3.63) is 64.4 Å². The molecule has 3 aromatic rings. The molecule has 0 bridgehead atoms. The van der Waals surface area contributed by atoms with Crippen molar-refractivity contribution in [3.63, 3.8) is 0 Å². The first-order valence-electron chi connectivity index (χ1n) is 10.4. The monoisotopic (exact) mass is 505 g/mol. The van der Waals surface area contributed by atoms with Gasteiger partial charge in [0.2, 0.25) is 6.23 Å². The average Bonchev–Trinajstić information content (AvgIpc) is 3.22. The first-order chi connectivity index (χ1) is 17.0. The van der Waals surface area contributed by atoms with E-state index in [0.717, 1.165) is 23.0 Å². The van der Waals surface area contributed by atoms with Gasteiger partial charge in [0.05, 0.1) is 19.2 Å². The number of amides is 2. The number of carboxylic acid groups (broad SMARTS) is 1. The van der Waals surface area contributed by atoms with Crippen LogP contribution in [0.5, 0.6) is 0 Å². The van der Waals surface area contributed by atoms with Crippen molar-refractivity contribution in [2.75, 3.05) is 25.1 Å². The Morgan fingerprint density at radius 2 is 1.92 bits per heavy atom. The molecule has 1 saturated heterocycles. The maximum absolute atomic E-state index is 13.4. The SMILES string of the molecule is COC(=O)N(CC(=O)O)[C@H]1CN(c2ccc3cc(-c4ccccc4C(F)(F)F)[nH]c(=O)c3c2)C(=O)O1. The van der Waals surface area contributed by atoms with E-state index in [-0.39, 0.29) is 28.9 Å². The van der Waals surface area contributed by atoms with E-state index < -0.39 is 48.2 Å². The molecular weight excluding hydrogens is 487 g/mol. The quantitative estimate of drug-likeness (QED) is 0.542. The number of carboxylic acids is 1. The molecule has 1 aliphatic heterocycles. The number of methoxy groups -OCH3 is 1. The van der Waals surface area contributed by atoms with Crippen LogP contribution in [0.25, 0.3) is 22.0 Å². The summed E-state index contributed by atoms with van der Waals surface area (Å²) in [7, 11) is 1.04. The van der Waals surface area contributed by atoms with E-state index in [1.165, 1.54) is 42.5 Å². The van der Waals surface area contributed by atoms with Crippen LogP contribution in [-0.2, 0) is 20.4 Å². The lowest BCUT2D eigenvalue weighted by Crippen LogP contribution is -2.45. The first kappa shape index (κ1) is 24.6. The van der Waals surface area contributed by atoms with E-state index in [4.69, 9.17) is 9.84 Å². The Morgan fingerprint density at radius 3 is 2.58 bits per heavy atom. The van der Waals surface area contributed by atoms with Crippen LogP contribution in [0.3, 0.4) is 0 Å². The molecule has 0 radical (unpaired) electrons. The Bertz CT molecular complexity index is 1420. The smallest absolute Gasteiger partial charge is 0.417 e. The maximum Gasteiger partial charge on any atom is 0.417 e. The molecule has 1 fully saturated rings. The van der Waals surface area contributed by atoms with Gasteiger partial charge in [0, 0.05) is 22.3 Å². The zero-order valence-electron chi connectivity index (χ0n) is 18.5. The molecule has 4 rings (SSSR count). The number of nitrogens with zero attached hydrogens (tertiary/aromatic N) is 2. The summed E-state index contributed by atoms with van der Waals surface area (Å²) in [4.78, 5) is 52.6. The van der Waals surface area contributed by atoms with E-state index in [1.807, 2.05) is 0 Å². The third-order valence-corrected chi connectivity index (χ3v) is 5.52. The summed E-state index contributed by atoms with van der Waals surface area (Å²) in [6.45, 7) is -1.03. The Hall–Kier alpha value is -4.55. The number of carbonyl (C=O) groups is 3. The van der Waals surface area contributed by atoms with Gasteiger partial charge in [0.15, 0.2) is 0 Å². The fourth-order valence-corrected chi connectivity index (χ4v) is 3.89. The van der Waals surface area contributed by atoms with Crippen molar-refractivity contribution < 1.29 is 42.1 Å². The van der Waals surface area contributed by atoms with Crippen LogP contribution >= 0.6 is 0 Å². The highest BCUT2D eigenvalue weighted by Crippen LogP contribution is 2.36. The molecule has 0 unspecified atom stereocenters. The number of alkyl halides is 3. The number of rotatable bonds is 5. The maximum atomic E-state index is 13.4. The number of ether oxygens (including phenoxy) is 2. The Morgan fingerprint density at radius 1 is 1.19 bits per heavy atom. The zero-order valence-corrected chi connectivity index (χ0v) is 18.5. The summed E-state index contributed by atoms with van der Waals surface area (Å²) in [6.07, 6.45) is -7.81. The number of aromatic amines is 1. The molecule has 10 nitrogen and oxygen atoms in total. The Balaban J connectivity index is 1.68. The van der Waals surface area contributed by atoms with Gasteiger partial charge in [-0.05, 0) is 29.7 Å². The Labute approximate surface area is 200 Å². The fourth-order valence-electron chi connectivity index (χ4n) is 3.89. The van der Waals surface area contributed by atoms with E-state index >= 15 is 0 Å². The van der Waals surface area contributed by atoms with E-state index in [1.54, 1.807) is 0 Å². The van der Waals surface area contributed by atoms with Gasteiger partial charge in [0.25, 0.3) is 5.56 Å². The first-order valence-corrected chi connectivity index (χ1v) is 10.4. The number of nitrogens with one attached hydrogen (secondary N) is 1. The van der Waals surface area contributed by atoms with Gasteiger partial charge in [-0.15, -0.1) is 0 Å². The number of hydrogen-bond donors (Lipinski definition) is 2. The number of aliphatic carboxylic acids is 1. The van der Waals surface area contributed by atoms with Crippen molar-refractivity contribution in [1.82, 2.24) is 9.88 Å². The number of pyridine rings is 1. The van der Waals surface area contributed by atoms with Crippen LogP contribution in [-0.4, -0.2) is 59.6 Å². The molecule has 1 aliphatic rings. The number of benzene rings is 2. The molecule has 2 heterocycles. The van der Waals surface area contributed by atoms with Crippen LogP contribution in [0.15, 0.2) is 53.3 Å². The van der Waals surface area contributed by atoms with Crippen molar-refractivity contribution in [1.29, 1.82) is 0 Å². The molecule has 0 spiro atoms. The lowest BCUT2D eigenvalue weighted by Gasteiger charge is -2.23. The van der Waals surface area contributed by atoms with Crippen molar-refractivity contribution in [3.8, 4) is 11.3 Å². The van der Waals surface area contributed by atoms with Crippen LogP contribution in [0.4, 0.5) is 28.4 Å². The molecule has 0 aliphatic carbocycles. The van der Waals surface area contributed by atoms with Crippen LogP contribution in [0.1, 0.15) is 5.56 Å². The van der Waals surface area contributed by atoms with E-state index in [9.17, 15) is 32.3 Å². The summed E-state index contributed by atoms with van der Waals surface area (Å²) in [5.41, 5.74) is -1.62. The minimum absolute atomic E-state index is 0.0313. The number of hydrogen-bond acceptors (Lipinski definition) is 6. The van der Waals surface area contributed by atoms with E-state index in [2.05, 4.69) is 9.72 Å². The second-order valence-corrected chi connectivity index (χ2v) is 7.77.